The Hall–Kier alpha value is -2.08. The van der Waals surface area contributed by atoms with Crippen LogP contribution in [0.2, 0.25) is 0 Å². The lowest BCUT2D eigenvalue weighted by atomic mass is 10.2. The van der Waals surface area contributed by atoms with Gasteiger partial charge in [0.15, 0.2) is 0 Å². The van der Waals surface area contributed by atoms with E-state index in [9.17, 15) is 9.18 Å². The topological polar surface area (TPSA) is 58.6 Å². The molecule has 2 aromatic carbocycles. The molecule has 0 saturated carbocycles. The largest absolute Gasteiger partial charge is 0.491 e. The molecule has 0 amide bonds. The SMILES string of the molecule is O=C(O)c1ccccc1OCCNc1ccc(Br)cc1F. The molecule has 0 heterocycles. The summed E-state index contributed by atoms with van der Waals surface area (Å²) < 4.78 is 19.6. The summed E-state index contributed by atoms with van der Waals surface area (Å²) in [5, 5.41) is 11.9. The summed E-state index contributed by atoms with van der Waals surface area (Å²) >= 11 is 3.18. The highest BCUT2D eigenvalue weighted by Gasteiger charge is 2.09. The van der Waals surface area contributed by atoms with E-state index in [0.717, 1.165) is 0 Å². The van der Waals surface area contributed by atoms with Crippen LogP contribution in [0.4, 0.5) is 10.1 Å². The fourth-order valence-corrected chi connectivity index (χ4v) is 2.08. The third-order valence-corrected chi connectivity index (χ3v) is 3.22. The lowest BCUT2D eigenvalue weighted by Gasteiger charge is -2.11. The van der Waals surface area contributed by atoms with Gasteiger partial charge in [-0.05, 0) is 30.3 Å². The van der Waals surface area contributed by atoms with Crippen molar-refractivity contribution in [3.8, 4) is 5.75 Å². The predicted octanol–water partition coefficient (Wildman–Crippen LogP) is 3.78. The number of hydrogen-bond acceptors (Lipinski definition) is 3. The Morgan fingerprint density at radius 3 is 2.76 bits per heavy atom. The first-order valence-electron chi connectivity index (χ1n) is 6.22. The van der Waals surface area contributed by atoms with Gasteiger partial charge in [-0.3, -0.25) is 0 Å². The van der Waals surface area contributed by atoms with Crippen LogP contribution in [-0.4, -0.2) is 24.2 Å². The van der Waals surface area contributed by atoms with E-state index in [2.05, 4.69) is 21.2 Å². The zero-order valence-electron chi connectivity index (χ0n) is 11.0. The lowest BCUT2D eigenvalue weighted by molar-refractivity contribution is 0.0692. The molecule has 2 N–H and O–H groups in total. The number of halogens is 2. The van der Waals surface area contributed by atoms with Gasteiger partial charge in [0.25, 0.3) is 0 Å². The van der Waals surface area contributed by atoms with E-state index in [-0.39, 0.29) is 18.0 Å². The summed E-state index contributed by atoms with van der Waals surface area (Å²) in [5.41, 5.74) is 0.473. The average molecular weight is 354 g/mol. The summed E-state index contributed by atoms with van der Waals surface area (Å²) in [6.07, 6.45) is 0. The molecule has 0 spiro atoms. The molecule has 0 saturated heterocycles. The third kappa shape index (κ3) is 4.19. The van der Waals surface area contributed by atoms with E-state index in [1.165, 1.54) is 12.1 Å². The molecule has 4 nitrogen and oxygen atoms in total. The van der Waals surface area contributed by atoms with Gasteiger partial charge in [0.2, 0.25) is 0 Å². The van der Waals surface area contributed by atoms with E-state index in [0.29, 0.717) is 22.5 Å². The molecule has 0 radical (unpaired) electrons. The van der Waals surface area contributed by atoms with Gasteiger partial charge in [-0.25, -0.2) is 9.18 Å². The number of hydrogen-bond donors (Lipinski definition) is 2. The van der Waals surface area contributed by atoms with Crippen LogP contribution >= 0.6 is 15.9 Å². The van der Waals surface area contributed by atoms with E-state index in [4.69, 9.17) is 9.84 Å². The number of carbonyl (C=O) groups is 1. The predicted molar refractivity (Wildman–Crippen MR) is 81.5 cm³/mol. The van der Waals surface area contributed by atoms with Crippen molar-refractivity contribution in [3.63, 3.8) is 0 Å². The molecule has 0 fully saturated rings. The first-order valence-corrected chi connectivity index (χ1v) is 7.01. The summed E-state index contributed by atoms with van der Waals surface area (Å²) in [6.45, 7) is 0.576. The number of anilines is 1. The minimum absolute atomic E-state index is 0.104. The van der Waals surface area contributed by atoms with Crippen molar-refractivity contribution in [1.82, 2.24) is 0 Å². The Kier molecular flexibility index (Phi) is 5.16. The molecule has 0 bridgehead atoms. The molecule has 0 aliphatic carbocycles. The Morgan fingerprint density at radius 1 is 1.29 bits per heavy atom. The lowest BCUT2D eigenvalue weighted by Crippen LogP contribution is -2.13. The smallest absolute Gasteiger partial charge is 0.339 e. The zero-order valence-corrected chi connectivity index (χ0v) is 12.6. The van der Waals surface area contributed by atoms with Crippen LogP contribution in [0.3, 0.4) is 0 Å². The van der Waals surface area contributed by atoms with Crippen molar-refractivity contribution in [2.45, 2.75) is 0 Å². The van der Waals surface area contributed by atoms with Gasteiger partial charge < -0.3 is 15.2 Å². The van der Waals surface area contributed by atoms with Crippen LogP contribution in [-0.2, 0) is 0 Å². The van der Waals surface area contributed by atoms with Gasteiger partial charge >= 0.3 is 5.97 Å². The van der Waals surface area contributed by atoms with Crippen molar-refractivity contribution in [2.24, 2.45) is 0 Å². The van der Waals surface area contributed by atoms with Gasteiger partial charge in [0, 0.05) is 11.0 Å². The molecule has 0 aromatic heterocycles. The summed E-state index contributed by atoms with van der Waals surface area (Å²) in [7, 11) is 0. The first kappa shape index (κ1) is 15.3. The quantitative estimate of drug-likeness (QED) is 0.776. The molecular weight excluding hydrogens is 341 g/mol. The molecule has 110 valence electrons. The maximum absolute atomic E-state index is 13.6. The highest BCUT2D eigenvalue weighted by Crippen LogP contribution is 2.20. The van der Waals surface area contributed by atoms with E-state index >= 15 is 0 Å². The summed E-state index contributed by atoms with van der Waals surface area (Å²) in [6, 6.07) is 11.1. The Bertz CT molecular complexity index is 649. The van der Waals surface area contributed by atoms with Crippen molar-refractivity contribution >= 4 is 27.6 Å². The molecule has 0 aliphatic rings. The second-order valence-electron chi connectivity index (χ2n) is 4.20. The maximum Gasteiger partial charge on any atom is 0.339 e. The second-order valence-corrected chi connectivity index (χ2v) is 5.12. The van der Waals surface area contributed by atoms with Crippen LogP contribution in [0.1, 0.15) is 10.4 Å². The fraction of sp³-hybridized carbons (Fsp3) is 0.133. The van der Waals surface area contributed by atoms with Crippen LogP contribution in [0.5, 0.6) is 5.75 Å². The number of nitrogens with one attached hydrogen (secondary N) is 1. The monoisotopic (exact) mass is 353 g/mol. The highest BCUT2D eigenvalue weighted by molar-refractivity contribution is 9.10. The molecule has 21 heavy (non-hydrogen) atoms. The number of carboxylic acids is 1. The Morgan fingerprint density at radius 2 is 2.05 bits per heavy atom. The summed E-state index contributed by atoms with van der Waals surface area (Å²) in [4.78, 5) is 11.0. The average Bonchev–Trinajstić information content (AvgIpc) is 2.45. The van der Waals surface area contributed by atoms with E-state index in [1.807, 2.05) is 0 Å². The van der Waals surface area contributed by atoms with Gasteiger partial charge in [-0.15, -0.1) is 0 Å². The zero-order chi connectivity index (χ0) is 15.2. The van der Waals surface area contributed by atoms with E-state index < -0.39 is 5.97 Å². The fourth-order valence-electron chi connectivity index (χ4n) is 1.75. The minimum atomic E-state index is -1.04. The molecule has 2 aromatic rings. The normalized spacial score (nSPS) is 10.2. The van der Waals surface area contributed by atoms with Crippen LogP contribution in [0, 0.1) is 5.82 Å². The molecular formula is C15H13BrFNO3. The number of rotatable bonds is 6. The number of ether oxygens (including phenoxy) is 1. The van der Waals surface area contributed by atoms with Gasteiger partial charge in [0.1, 0.15) is 23.7 Å². The maximum atomic E-state index is 13.6. The number of benzene rings is 2. The third-order valence-electron chi connectivity index (χ3n) is 2.72. The Labute approximate surface area is 129 Å². The second kappa shape index (κ2) is 7.08. The van der Waals surface area contributed by atoms with Gasteiger partial charge in [0.05, 0.1) is 5.69 Å². The molecule has 0 atom stereocenters. The number of aromatic carboxylic acids is 1. The van der Waals surface area contributed by atoms with Crippen molar-refractivity contribution in [1.29, 1.82) is 0 Å². The van der Waals surface area contributed by atoms with Crippen LogP contribution in [0.25, 0.3) is 0 Å². The molecule has 2 rings (SSSR count). The first-order chi connectivity index (χ1) is 10.1. The van der Waals surface area contributed by atoms with Crippen molar-refractivity contribution in [2.75, 3.05) is 18.5 Å². The van der Waals surface area contributed by atoms with Crippen LogP contribution < -0.4 is 10.1 Å². The van der Waals surface area contributed by atoms with Crippen LogP contribution in [0.15, 0.2) is 46.9 Å². The molecule has 6 heteroatoms. The van der Waals surface area contributed by atoms with Crippen molar-refractivity contribution in [3.05, 3.63) is 58.3 Å². The minimum Gasteiger partial charge on any atom is -0.491 e. The Balaban J connectivity index is 1.89. The van der Waals surface area contributed by atoms with E-state index in [1.54, 1.807) is 30.3 Å². The molecule has 0 aliphatic heterocycles. The molecule has 0 unspecified atom stereocenters. The summed E-state index contributed by atoms with van der Waals surface area (Å²) in [5.74, 6) is -1.11. The number of carboxylic acid groups (broad SMARTS) is 1. The van der Waals surface area contributed by atoms with Crippen molar-refractivity contribution < 1.29 is 19.0 Å². The highest BCUT2D eigenvalue weighted by atomic mass is 79.9. The van der Waals surface area contributed by atoms with Gasteiger partial charge in [-0.1, -0.05) is 28.1 Å². The van der Waals surface area contributed by atoms with Gasteiger partial charge in [-0.2, -0.15) is 0 Å². The number of para-hydroxylation sites is 1. The standard InChI is InChI=1S/C15H13BrFNO3/c16-10-5-6-13(12(17)9-10)18-7-8-21-14-4-2-1-3-11(14)15(19)20/h1-6,9,18H,7-8H2,(H,19,20).